The van der Waals surface area contributed by atoms with Gasteiger partial charge in [0, 0.05) is 3.57 Å². The number of hydrogen-bond donors (Lipinski definition) is 1. The van der Waals surface area contributed by atoms with E-state index < -0.39 is 15.8 Å². The van der Waals surface area contributed by atoms with Gasteiger partial charge in [-0.1, -0.05) is 12.1 Å². The first-order chi connectivity index (χ1) is 8.90. The summed E-state index contributed by atoms with van der Waals surface area (Å²) >= 11 is 2.05. The monoisotopic (exact) mass is 391 g/mol. The van der Waals surface area contributed by atoms with E-state index in [-0.39, 0.29) is 4.90 Å². The Balaban J connectivity index is 2.41. The highest BCUT2D eigenvalue weighted by molar-refractivity contribution is 14.1. The molecule has 100 valence electrons. The van der Waals surface area contributed by atoms with Crippen molar-refractivity contribution in [3.63, 3.8) is 0 Å². The van der Waals surface area contributed by atoms with Gasteiger partial charge in [0.05, 0.1) is 10.6 Å². The van der Waals surface area contributed by atoms with E-state index in [1.165, 1.54) is 12.1 Å². The minimum atomic E-state index is -3.70. The first-order valence-electron chi connectivity index (χ1n) is 5.43. The van der Waals surface area contributed by atoms with Gasteiger partial charge >= 0.3 is 0 Å². The van der Waals surface area contributed by atoms with Crippen molar-refractivity contribution in [2.24, 2.45) is 0 Å². The van der Waals surface area contributed by atoms with E-state index in [0.717, 1.165) is 9.64 Å². The summed E-state index contributed by atoms with van der Waals surface area (Å²) in [6.07, 6.45) is 0. The molecule has 3 nitrogen and oxygen atoms in total. The van der Waals surface area contributed by atoms with Crippen molar-refractivity contribution in [3.05, 3.63) is 57.4 Å². The summed E-state index contributed by atoms with van der Waals surface area (Å²) < 4.78 is 40.8. The van der Waals surface area contributed by atoms with Crippen LogP contribution in [-0.2, 0) is 10.0 Å². The third kappa shape index (κ3) is 3.24. The van der Waals surface area contributed by atoms with Crippen LogP contribution >= 0.6 is 22.6 Å². The Kier molecular flexibility index (Phi) is 4.10. The van der Waals surface area contributed by atoms with Crippen LogP contribution in [0.2, 0.25) is 0 Å². The summed E-state index contributed by atoms with van der Waals surface area (Å²) in [6, 6.07) is 10.7. The van der Waals surface area contributed by atoms with Crippen molar-refractivity contribution in [2.75, 3.05) is 4.72 Å². The van der Waals surface area contributed by atoms with Crippen molar-refractivity contribution in [1.29, 1.82) is 0 Å². The average Bonchev–Trinajstić information content (AvgIpc) is 2.31. The first kappa shape index (κ1) is 14.3. The standard InChI is InChI=1S/C13H11FINO2S/c1-9-8-10(14)6-7-13(9)19(17,18)16-12-5-3-2-4-11(12)15/h2-8,16H,1H3. The number of sulfonamides is 1. The van der Waals surface area contributed by atoms with E-state index in [0.29, 0.717) is 11.3 Å². The zero-order valence-electron chi connectivity index (χ0n) is 10.0. The van der Waals surface area contributed by atoms with Crippen molar-refractivity contribution in [2.45, 2.75) is 11.8 Å². The Bertz CT molecular complexity index is 716. The Morgan fingerprint density at radius 3 is 2.47 bits per heavy atom. The number of benzene rings is 2. The largest absolute Gasteiger partial charge is 0.279 e. The lowest BCUT2D eigenvalue weighted by Gasteiger charge is -2.11. The van der Waals surface area contributed by atoms with Gasteiger partial charge in [0.15, 0.2) is 0 Å². The lowest BCUT2D eigenvalue weighted by atomic mass is 10.2. The number of rotatable bonds is 3. The molecule has 6 heteroatoms. The van der Waals surface area contributed by atoms with Crippen molar-refractivity contribution < 1.29 is 12.8 Å². The molecule has 0 aliphatic carbocycles. The fourth-order valence-corrected chi connectivity index (χ4v) is 3.67. The van der Waals surface area contributed by atoms with Gasteiger partial charge in [0.2, 0.25) is 0 Å². The van der Waals surface area contributed by atoms with Gasteiger partial charge in [-0.05, 0) is 65.4 Å². The zero-order chi connectivity index (χ0) is 14.0. The van der Waals surface area contributed by atoms with Crippen molar-refractivity contribution in [3.8, 4) is 0 Å². The first-order valence-corrected chi connectivity index (χ1v) is 8.00. The van der Waals surface area contributed by atoms with Gasteiger partial charge in [0.25, 0.3) is 10.0 Å². The molecule has 0 bridgehead atoms. The van der Waals surface area contributed by atoms with Crippen LogP contribution in [0, 0.1) is 16.3 Å². The third-order valence-electron chi connectivity index (χ3n) is 2.54. The second-order valence-electron chi connectivity index (χ2n) is 4.00. The highest BCUT2D eigenvalue weighted by Crippen LogP contribution is 2.23. The maximum Gasteiger partial charge on any atom is 0.262 e. The molecule has 19 heavy (non-hydrogen) atoms. The SMILES string of the molecule is Cc1cc(F)ccc1S(=O)(=O)Nc1ccccc1I. The van der Waals surface area contributed by atoms with E-state index in [9.17, 15) is 12.8 Å². The summed E-state index contributed by atoms with van der Waals surface area (Å²) in [6.45, 7) is 1.56. The van der Waals surface area contributed by atoms with Crippen LogP contribution in [0.15, 0.2) is 47.4 Å². The van der Waals surface area contributed by atoms with E-state index in [1.54, 1.807) is 25.1 Å². The Morgan fingerprint density at radius 1 is 1.16 bits per heavy atom. The van der Waals surface area contributed by atoms with Crippen molar-refractivity contribution >= 4 is 38.3 Å². The summed E-state index contributed by atoms with van der Waals surface area (Å²) in [7, 11) is -3.70. The molecule has 0 aliphatic rings. The molecule has 0 aliphatic heterocycles. The van der Waals surface area contributed by atoms with Gasteiger partial charge in [-0.3, -0.25) is 4.72 Å². The molecule has 0 unspecified atom stereocenters. The molecule has 0 radical (unpaired) electrons. The lowest BCUT2D eigenvalue weighted by Crippen LogP contribution is -2.15. The van der Waals surface area contributed by atoms with Crippen LogP contribution in [0.5, 0.6) is 0 Å². The molecular formula is C13H11FINO2S. The smallest absolute Gasteiger partial charge is 0.262 e. The van der Waals surface area contributed by atoms with Gasteiger partial charge in [-0.2, -0.15) is 0 Å². The summed E-state index contributed by atoms with van der Waals surface area (Å²) in [4.78, 5) is 0.0774. The number of halogens is 2. The molecule has 0 atom stereocenters. The molecule has 0 aromatic heterocycles. The molecule has 0 saturated carbocycles. The summed E-state index contributed by atoms with van der Waals surface area (Å²) in [5.41, 5.74) is 0.880. The van der Waals surface area contributed by atoms with Gasteiger partial charge in [-0.15, -0.1) is 0 Å². The number of anilines is 1. The van der Waals surface area contributed by atoms with E-state index >= 15 is 0 Å². The summed E-state index contributed by atoms with van der Waals surface area (Å²) in [5, 5.41) is 0. The van der Waals surface area contributed by atoms with Gasteiger partial charge < -0.3 is 0 Å². The quantitative estimate of drug-likeness (QED) is 0.814. The van der Waals surface area contributed by atoms with Crippen LogP contribution in [0.3, 0.4) is 0 Å². The lowest BCUT2D eigenvalue weighted by molar-refractivity contribution is 0.598. The highest BCUT2D eigenvalue weighted by atomic mass is 127. The average molecular weight is 391 g/mol. The predicted molar refractivity (Wildman–Crippen MR) is 81.1 cm³/mol. The number of aryl methyl sites for hydroxylation is 1. The molecule has 0 spiro atoms. The van der Waals surface area contributed by atoms with Crippen LogP contribution in [0.25, 0.3) is 0 Å². The Hall–Kier alpha value is -1.15. The molecule has 0 fully saturated rings. The fraction of sp³-hybridized carbons (Fsp3) is 0.0769. The molecule has 1 N–H and O–H groups in total. The molecule has 0 heterocycles. The third-order valence-corrected chi connectivity index (χ3v) is 5.01. The fourth-order valence-electron chi connectivity index (χ4n) is 1.66. The molecule has 2 rings (SSSR count). The van der Waals surface area contributed by atoms with Crippen molar-refractivity contribution in [1.82, 2.24) is 0 Å². The van der Waals surface area contributed by atoms with Crippen LogP contribution in [0.1, 0.15) is 5.56 Å². The molecule has 2 aromatic carbocycles. The maximum absolute atomic E-state index is 13.0. The van der Waals surface area contributed by atoms with Gasteiger partial charge in [0.1, 0.15) is 5.82 Å². The van der Waals surface area contributed by atoms with Crippen LogP contribution in [-0.4, -0.2) is 8.42 Å². The molecule has 0 amide bonds. The predicted octanol–water partition coefficient (Wildman–Crippen LogP) is 3.54. The molecule has 2 aromatic rings. The zero-order valence-corrected chi connectivity index (χ0v) is 13.0. The number of para-hydroxylation sites is 1. The van der Waals surface area contributed by atoms with Crippen LogP contribution < -0.4 is 4.72 Å². The van der Waals surface area contributed by atoms with E-state index in [1.807, 2.05) is 28.7 Å². The second kappa shape index (κ2) is 5.46. The molecule has 0 saturated heterocycles. The van der Waals surface area contributed by atoms with Crippen LogP contribution in [0.4, 0.5) is 10.1 Å². The van der Waals surface area contributed by atoms with Gasteiger partial charge in [-0.25, -0.2) is 12.8 Å². The summed E-state index contributed by atoms with van der Waals surface area (Å²) in [5.74, 6) is -0.453. The topological polar surface area (TPSA) is 46.2 Å². The second-order valence-corrected chi connectivity index (χ2v) is 6.81. The normalized spacial score (nSPS) is 11.3. The highest BCUT2D eigenvalue weighted by Gasteiger charge is 2.18. The van der Waals surface area contributed by atoms with E-state index in [2.05, 4.69) is 4.72 Å². The number of nitrogens with one attached hydrogen (secondary N) is 1. The maximum atomic E-state index is 13.0. The minimum absolute atomic E-state index is 0.0774. The number of hydrogen-bond acceptors (Lipinski definition) is 2. The molecular weight excluding hydrogens is 380 g/mol. The Morgan fingerprint density at radius 2 is 1.84 bits per heavy atom. The Labute approximate surface area is 125 Å². The van der Waals surface area contributed by atoms with E-state index in [4.69, 9.17) is 0 Å². The minimum Gasteiger partial charge on any atom is -0.279 e.